The van der Waals surface area contributed by atoms with Crippen molar-refractivity contribution in [2.24, 2.45) is 10.9 Å². The molecule has 124 valence electrons. The maximum absolute atomic E-state index is 11.6. The molecule has 1 heterocycles. The molecule has 1 aliphatic rings. The number of ether oxygens (including phenoxy) is 1. The minimum Gasteiger partial charge on any atom is -0.381 e. The van der Waals surface area contributed by atoms with Gasteiger partial charge in [0.15, 0.2) is 5.96 Å². The van der Waals surface area contributed by atoms with Crippen molar-refractivity contribution in [1.29, 1.82) is 0 Å². The predicted octanol–water partition coefficient (Wildman–Crippen LogP) is 1.06. The van der Waals surface area contributed by atoms with E-state index in [1.807, 2.05) is 0 Å². The molecule has 1 aliphatic heterocycles. The highest BCUT2D eigenvalue weighted by Crippen LogP contribution is 2.10. The molecule has 2 N–H and O–H groups in total. The van der Waals surface area contributed by atoms with Gasteiger partial charge in [0, 0.05) is 39.2 Å². The van der Waals surface area contributed by atoms with Gasteiger partial charge in [-0.15, -0.1) is 24.0 Å². The van der Waals surface area contributed by atoms with E-state index >= 15 is 0 Å². The van der Waals surface area contributed by atoms with Gasteiger partial charge < -0.3 is 20.3 Å². The fourth-order valence-corrected chi connectivity index (χ4v) is 1.76. The molecular formula is C14H29IN4O2. The predicted molar refractivity (Wildman–Crippen MR) is 96.2 cm³/mol. The Balaban J connectivity index is 0.00000400. The van der Waals surface area contributed by atoms with Crippen molar-refractivity contribution in [2.45, 2.75) is 32.7 Å². The molecule has 1 rings (SSSR count). The Bertz CT molecular complexity index is 331. The molecule has 1 amide bonds. The topological polar surface area (TPSA) is 66.0 Å². The Kier molecular flexibility index (Phi) is 10.8. The molecule has 1 fully saturated rings. The third-order valence-electron chi connectivity index (χ3n) is 3.45. The van der Waals surface area contributed by atoms with Gasteiger partial charge in [-0.05, 0) is 19.8 Å². The Hall–Kier alpha value is -0.570. The highest BCUT2D eigenvalue weighted by Gasteiger charge is 2.16. The van der Waals surface area contributed by atoms with Gasteiger partial charge in [0.25, 0.3) is 0 Å². The summed E-state index contributed by atoms with van der Waals surface area (Å²) in [5.41, 5.74) is 0. The van der Waals surface area contributed by atoms with Crippen LogP contribution in [0.5, 0.6) is 0 Å². The van der Waals surface area contributed by atoms with Crippen LogP contribution in [0.2, 0.25) is 0 Å². The van der Waals surface area contributed by atoms with Gasteiger partial charge in [0.2, 0.25) is 5.91 Å². The van der Waals surface area contributed by atoms with Crippen LogP contribution in [0.1, 0.15) is 26.7 Å². The van der Waals surface area contributed by atoms with Gasteiger partial charge >= 0.3 is 0 Å². The average molecular weight is 412 g/mol. The van der Waals surface area contributed by atoms with Gasteiger partial charge in [0.05, 0.1) is 6.61 Å². The Labute approximate surface area is 145 Å². The number of aliphatic imine (C=N–C) groups is 1. The number of hydrogen-bond acceptors (Lipinski definition) is 3. The monoisotopic (exact) mass is 412 g/mol. The Morgan fingerprint density at radius 3 is 2.71 bits per heavy atom. The van der Waals surface area contributed by atoms with Crippen LogP contribution in [0.15, 0.2) is 4.99 Å². The van der Waals surface area contributed by atoms with Crippen LogP contribution in [0, 0.1) is 5.92 Å². The Morgan fingerprint density at radius 1 is 1.48 bits per heavy atom. The lowest BCUT2D eigenvalue weighted by atomic mass is 10.1. The zero-order valence-electron chi connectivity index (χ0n) is 13.5. The van der Waals surface area contributed by atoms with Crippen molar-refractivity contribution < 1.29 is 9.53 Å². The lowest BCUT2D eigenvalue weighted by Crippen LogP contribution is -2.44. The van der Waals surface area contributed by atoms with E-state index in [2.05, 4.69) is 29.5 Å². The summed E-state index contributed by atoms with van der Waals surface area (Å²) >= 11 is 0. The normalized spacial score (nSPS) is 19.6. The lowest BCUT2D eigenvalue weighted by molar-refractivity contribution is -0.127. The molecule has 21 heavy (non-hydrogen) atoms. The average Bonchev–Trinajstić information content (AvgIpc) is 2.94. The van der Waals surface area contributed by atoms with Crippen molar-refractivity contribution in [3.8, 4) is 0 Å². The second-order valence-electron chi connectivity index (χ2n) is 5.52. The molecule has 0 radical (unpaired) electrons. The lowest BCUT2D eigenvalue weighted by Gasteiger charge is -2.19. The van der Waals surface area contributed by atoms with Gasteiger partial charge in [-0.2, -0.15) is 0 Å². The van der Waals surface area contributed by atoms with Crippen LogP contribution in [0.3, 0.4) is 0 Å². The van der Waals surface area contributed by atoms with Crippen LogP contribution in [0.4, 0.5) is 0 Å². The smallest absolute Gasteiger partial charge is 0.243 e. The molecule has 7 heteroatoms. The van der Waals surface area contributed by atoms with E-state index in [-0.39, 0.29) is 36.4 Å². The molecule has 2 atom stereocenters. The maximum Gasteiger partial charge on any atom is 0.243 e. The fraction of sp³-hybridized carbons (Fsp3) is 0.857. The number of rotatable bonds is 6. The van der Waals surface area contributed by atoms with Crippen molar-refractivity contribution in [2.75, 3.05) is 40.4 Å². The molecule has 2 unspecified atom stereocenters. The summed E-state index contributed by atoms with van der Waals surface area (Å²) in [7, 11) is 3.48. The van der Waals surface area contributed by atoms with Crippen LogP contribution >= 0.6 is 24.0 Å². The minimum atomic E-state index is -0.000508. The second-order valence-corrected chi connectivity index (χ2v) is 5.52. The van der Waals surface area contributed by atoms with Crippen LogP contribution < -0.4 is 10.6 Å². The highest BCUT2D eigenvalue weighted by molar-refractivity contribution is 14.0. The largest absolute Gasteiger partial charge is 0.381 e. The molecule has 0 aromatic heterocycles. The number of nitrogens with zero attached hydrogens (tertiary/aromatic N) is 2. The summed E-state index contributed by atoms with van der Waals surface area (Å²) in [6.45, 7) is 6.87. The second kappa shape index (κ2) is 11.1. The summed E-state index contributed by atoms with van der Waals surface area (Å²) in [5, 5.41) is 6.62. The van der Waals surface area contributed by atoms with Gasteiger partial charge in [-0.25, -0.2) is 4.99 Å². The number of halogens is 1. The summed E-state index contributed by atoms with van der Waals surface area (Å²) in [6.07, 6.45) is 2.09. The van der Waals surface area contributed by atoms with E-state index in [4.69, 9.17) is 4.74 Å². The molecule has 6 nitrogen and oxygen atoms in total. The van der Waals surface area contributed by atoms with Crippen molar-refractivity contribution >= 4 is 35.8 Å². The van der Waals surface area contributed by atoms with Crippen molar-refractivity contribution in [3.05, 3.63) is 0 Å². The number of carbonyl (C=O) groups is 1. The molecule has 0 saturated carbocycles. The number of carbonyl (C=O) groups excluding carboxylic acids is 1. The third-order valence-corrected chi connectivity index (χ3v) is 3.45. The van der Waals surface area contributed by atoms with E-state index in [1.165, 1.54) is 0 Å². The van der Waals surface area contributed by atoms with E-state index in [0.717, 1.165) is 32.6 Å². The molecule has 0 spiro atoms. The van der Waals surface area contributed by atoms with Crippen molar-refractivity contribution in [1.82, 2.24) is 15.5 Å². The first-order valence-corrected chi connectivity index (χ1v) is 7.35. The molecule has 1 saturated heterocycles. The summed E-state index contributed by atoms with van der Waals surface area (Å²) in [4.78, 5) is 17.5. The first kappa shape index (κ1) is 20.4. The van der Waals surface area contributed by atoms with E-state index in [0.29, 0.717) is 17.9 Å². The van der Waals surface area contributed by atoms with Crippen molar-refractivity contribution in [3.63, 3.8) is 0 Å². The first-order chi connectivity index (χ1) is 9.52. The number of nitrogens with one attached hydrogen (secondary N) is 2. The number of guanidine groups is 1. The Morgan fingerprint density at radius 2 is 2.19 bits per heavy atom. The zero-order valence-corrected chi connectivity index (χ0v) is 15.8. The summed E-state index contributed by atoms with van der Waals surface area (Å²) < 4.78 is 5.36. The molecule has 0 aromatic rings. The molecular weight excluding hydrogens is 383 g/mol. The van der Waals surface area contributed by atoms with E-state index in [1.54, 1.807) is 19.0 Å². The quantitative estimate of drug-likeness (QED) is 0.389. The van der Waals surface area contributed by atoms with Crippen LogP contribution in [0.25, 0.3) is 0 Å². The van der Waals surface area contributed by atoms with Gasteiger partial charge in [0.1, 0.15) is 6.54 Å². The standard InChI is InChI=1S/C14H28N4O2.HI/c1-5-11(2)17-14(16-9-13(19)18(3)4)15-8-12-6-7-20-10-12;/h11-12H,5-10H2,1-4H3,(H2,15,16,17);1H. The SMILES string of the molecule is CCC(C)NC(=NCC(=O)N(C)C)NCC1CCOC1.I. The number of amides is 1. The molecule has 0 bridgehead atoms. The fourth-order valence-electron chi connectivity index (χ4n) is 1.76. The van der Waals surface area contributed by atoms with Gasteiger partial charge in [-0.1, -0.05) is 6.92 Å². The highest BCUT2D eigenvalue weighted by atomic mass is 127. The number of hydrogen-bond donors (Lipinski definition) is 2. The van der Waals surface area contributed by atoms with Crippen LogP contribution in [-0.4, -0.2) is 63.2 Å². The summed E-state index contributed by atoms with van der Waals surface area (Å²) in [5.74, 6) is 1.24. The molecule has 0 aromatic carbocycles. The maximum atomic E-state index is 11.6. The molecule has 0 aliphatic carbocycles. The van der Waals surface area contributed by atoms with Gasteiger partial charge in [-0.3, -0.25) is 4.79 Å². The van der Waals surface area contributed by atoms with E-state index in [9.17, 15) is 4.79 Å². The zero-order chi connectivity index (χ0) is 15.0. The van der Waals surface area contributed by atoms with Crippen LogP contribution in [-0.2, 0) is 9.53 Å². The number of likely N-dealkylation sites (N-methyl/N-ethyl adjacent to an activating group) is 1. The summed E-state index contributed by atoms with van der Waals surface area (Å²) in [6, 6.07) is 0.329. The third kappa shape index (κ3) is 8.45. The minimum absolute atomic E-state index is 0. The first-order valence-electron chi connectivity index (χ1n) is 7.35. The van der Waals surface area contributed by atoms with E-state index < -0.39 is 0 Å².